The maximum atomic E-state index is 4.25. The molecule has 1 heterocycles. The second kappa shape index (κ2) is 3.88. The molecule has 70 valence electrons. The molecule has 1 aromatic heterocycles. The molecule has 0 aliphatic carbocycles. The van der Waals surface area contributed by atoms with Crippen molar-refractivity contribution in [1.82, 2.24) is 9.97 Å². The Hall–Kier alpha value is -1.22. The van der Waals surface area contributed by atoms with Gasteiger partial charge in [0, 0.05) is 5.56 Å². The van der Waals surface area contributed by atoms with Crippen molar-refractivity contribution in [3.63, 3.8) is 0 Å². The molecule has 0 amide bonds. The van der Waals surface area contributed by atoms with Gasteiger partial charge in [-0.05, 0) is 22.9 Å². The van der Waals surface area contributed by atoms with Crippen LogP contribution in [0.4, 0.5) is 0 Å². The predicted molar refractivity (Wildman–Crippen MR) is 59.9 cm³/mol. The molecular formula is C11H9BrN2. The first-order valence-electron chi connectivity index (χ1n) is 4.31. The number of rotatable bonds is 1. The van der Waals surface area contributed by atoms with E-state index in [1.165, 1.54) is 0 Å². The Balaban J connectivity index is 2.58. The molecule has 0 aliphatic rings. The number of hydrogen-bond donors (Lipinski definition) is 0. The number of aromatic nitrogens is 2. The van der Waals surface area contributed by atoms with Gasteiger partial charge < -0.3 is 0 Å². The molecule has 0 aliphatic heterocycles. The highest BCUT2D eigenvalue weighted by Gasteiger charge is 2.06. The van der Waals surface area contributed by atoms with Gasteiger partial charge in [0.05, 0.1) is 15.9 Å². The number of halogens is 1. The largest absolute Gasteiger partial charge is 0.240 e. The Morgan fingerprint density at radius 3 is 2.50 bits per heavy atom. The summed E-state index contributed by atoms with van der Waals surface area (Å²) in [6, 6.07) is 10.1. The fraction of sp³-hybridized carbons (Fsp3) is 0.0909. The van der Waals surface area contributed by atoms with Crippen LogP contribution in [0.3, 0.4) is 0 Å². The van der Waals surface area contributed by atoms with Crippen LogP contribution in [0.15, 0.2) is 41.1 Å². The van der Waals surface area contributed by atoms with Crippen LogP contribution in [0, 0.1) is 6.92 Å². The molecule has 0 unspecified atom stereocenters. The summed E-state index contributed by atoms with van der Waals surface area (Å²) in [5.41, 5.74) is 3.00. The second-order valence-electron chi connectivity index (χ2n) is 2.99. The summed E-state index contributed by atoms with van der Waals surface area (Å²) >= 11 is 3.49. The first-order chi connectivity index (χ1) is 6.79. The van der Waals surface area contributed by atoms with Gasteiger partial charge in [-0.15, -0.1) is 0 Å². The van der Waals surface area contributed by atoms with Crippen molar-refractivity contribution in [2.24, 2.45) is 0 Å². The Kier molecular flexibility index (Phi) is 2.59. The van der Waals surface area contributed by atoms with Crippen molar-refractivity contribution in [1.29, 1.82) is 0 Å². The van der Waals surface area contributed by atoms with Gasteiger partial charge in [0.15, 0.2) is 0 Å². The summed E-state index contributed by atoms with van der Waals surface area (Å²) in [5, 5.41) is 0. The van der Waals surface area contributed by atoms with E-state index in [-0.39, 0.29) is 0 Å². The van der Waals surface area contributed by atoms with Gasteiger partial charge in [-0.3, -0.25) is 0 Å². The van der Waals surface area contributed by atoms with Gasteiger partial charge in [-0.1, -0.05) is 30.3 Å². The van der Waals surface area contributed by atoms with E-state index < -0.39 is 0 Å². The molecule has 0 spiro atoms. The summed E-state index contributed by atoms with van der Waals surface area (Å²) in [6.45, 7) is 1.96. The van der Waals surface area contributed by atoms with E-state index in [0.29, 0.717) is 0 Å². The van der Waals surface area contributed by atoms with Crippen molar-refractivity contribution in [2.75, 3.05) is 0 Å². The monoisotopic (exact) mass is 248 g/mol. The van der Waals surface area contributed by atoms with Crippen LogP contribution < -0.4 is 0 Å². The van der Waals surface area contributed by atoms with Crippen LogP contribution in [-0.4, -0.2) is 9.97 Å². The maximum Gasteiger partial charge on any atom is 0.116 e. The smallest absolute Gasteiger partial charge is 0.116 e. The molecule has 0 N–H and O–H groups in total. The number of aryl methyl sites for hydroxylation is 1. The number of hydrogen-bond acceptors (Lipinski definition) is 2. The molecular weight excluding hydrogens is 240 g/mol. The molecule has 1 aromatic carbocycles. The first kappa shape index (κ1) is 9.34. The van der Waals surface area contributed by atoms with Crippen LogP contribution in [0.2, 0.25) is 0 Å². The number of nitrogens with zero attached hydrogens (tertiary/aromatic N) is 2. The Morgan fingerprint density at radius 1 is 1.07 bits per heavy atom. The zero-order valence-electron chi connectivity index (χ0n) is 7.74. The molecule has 14 heavy (non-hydrogen) atoms. The van der Waals surface area contributed by atoms with Gasteiger partial charge in [0.1, 0.15) is 6.33 Å². The fourth-order valence-electron chi connectivity index (χ4n) is 1.26. The third kappa shape index (κ3) is 1.68. The predicted octanol–water partition coefficient (Wildman–Crippen LogP) is 3.21. The molecule has 3 heteroatoms. The molecule has 0 saturated carbocycles. The van der Waals surface area contributed by atoms with Gasteiger partial charge in [-0.25, -0.2) is 9.97 Å². The molecule has 0 bridgehead atoms. The van der Waals surface area contributed by atoms with Crippen molar-refractivity contribution in [2.45, 2.75) is 6.92 Å². The van der Waals surface area contributed by atoms with Crippen LogP contribution in [0.5, 0.6) is 0 Å². The average molecular weight is 249 g/mol. The quantitative estimate of drug-likeness (QED) is 0.775. The van der Waals surface area contributed by atoms with Crippen LogP contribution in [0.25, 0.3) is 11.3 Å². The summed E-state index contributed by atoms with van der Waals surface area (Å²) in [4.78, 5) is 8.36. The molecule has 0 fully saturated rings. The maximum absolute atomic E-state index is 4.25. The normalized spacial score (nSPS) is 10.1. The van der Waals surface area contributed by atoms with Crippen molar-refractivity contribution in [3.8, 4) is 11.3 Å². The minimum atomic E-state index is 0.943. The fourth-order valence-corrected chi connectivity index (χ4v) is 1.69. The lowest BCUT2D eigenvalue weighted by Crippen LogP contribution is -1.90. The zero-order valence-corrected chi connectivity index (χ0v) is 9.32. The molecule has 2 rings (SSSR count). The Labute approximate surface area is 91.2 Å². The van der Waals surface area contributed by atoms with Gasteiger partial charge in [-0.2, -0.15) is 0 Å². The molecule has 2 nitrogen and oxygen atoms in total. The lowest BCUT2D eigenvalue weighted by molar-refractivity contribution is 1.09. The van der Waals surface area contributed by atoms with Gasteiger partial charge in [0.25, 0.3) is 0 Å². The summed E-state index contributed by atoms with van der Waals surface area (Å²) in [5.74, 6) is 0. The van der Waals surface area contributed by atoms with Gasteiger partial charge >= 0.3 is 0 Å². The highest BCUT2D eigenvalue weighted by atomic mass is 79.9. The lowest BCUT2D eigenvalue weighted by Gasteiger charge is -2.04. The zero-order chi connectivity index (χ0) is 9.97. The molecule has 0 saturated heterocycles. The Bertz CT molecular complexity index is 440. The Morgan fingerprint density at radius 2 is 1.79 bits per heavy atom. The van der Waals surface area contributed by atoms with Gasteiger partial charge in [0.2, 0.25) is 0 Å². The summed E-state index contributed by atoms with van der Waals surface area (Å²) < 4.78 is 0.964. The molecule has 0 radical (unpaired) electrons. The van der Waals surface area contributed by atoms with Crippen LogP contribution in [0.1, 0.15) is 5.69 Å². The standard InChI is InChI=1S/C11H9BrN2/c1-8-10(12)11(14-7-13-8)9-5-3-2-4-6-9/h2-7H,1H3. The third-order valence-corrected chi connectivity index (χ3v) is 2.96. The number of benzene rings is 1. The van der Waals surface area contributed by atoms with Crippen LogP contribution >= 0.6 is 15.9 Å². The topological polar surface area (TPSA) is 25.8 Å². The first-order valence-corrected chi connectivity index (χ1v) is 5.11. The van der Waals surface area contributed by atoms with Crippen molar-refractivity contribution >= 4 is 15.9 Å². The van der Waals surface area contributed by atoms with E-state index in [1.807, 2.05) is 37.3 Å². The van der Waals surface area contributed by atoms with E-state index in [9.17, 15) is 0 Å². The summed E-state index contributed by atoms with van der Waals surface area (Å²) in [7, 11) is 0. The van der Waals surface area contributed by atoms with Crippen molar-refractivity contribution in [3.05, 3.63) is 46.8 Å². The minimum absolute atomic E-state index is 0.943. The highest BCUT2D eigenvalue weighted by Crippen LogP contribution is 2.26. The molecule has 0 atom stereocenters. The van der Waals surface area contributed by atoms with E-state index in [4.69, 9.17) is 0 Å². The average Bonchev–Trinajstić information content (AvgIpc) is 2.23. The lowest BCUT2D eigenvalue weighted by atomic mass is 10.1. The van der Waals surface area contributed by atoms with E-state index >= 15 is 0 Å². The van der Waals surface area contributed by atoms with Crippen LogP contribution in [-0.2, 0) is 0 Å². The van der Waals surface area contributed by atoms with Crippen molar-refractivity contribution < 1.29 is 0 Å². The minimum Gasteiger partial charge on any atom is -0.240 e. The molecule has 2 aromatic rings. The SMILES string of the molecule is Cc1ncnc(-c2ccccc2)c1Br. The van der Waals surface area contributed by atoms with E-state index in [0.717, 1.165) is 21.4 Å². The summed E-state index contributed by atoms with van der Waals surface area (Å²) in [6.07, 6.45) is 1.59. The van der Waals surface area contributed by atoms with E-state index in [2.05, 4.69) is 25.9 Å². The second-order valence-corrected chi connectivity index (χ2v) is 3.78. The highest BCUT2D eigenvalue weighted by molar-refractivity contribution is 9.10. The third-order valence-electron chi connectivity index (χ3n) is 2.01. The van der Waals surface area contributed by atoms with E-state index in [1.54, 1.807) is 6.33 Å².